The molecule has 24 heavy (non-hydrogen) atoms. The number of hydrogen-bond acceptors (Lipinski definition) is 7. The van der Waals surface area contributed by atoms with Crippen molar-refractivity contribution in [1.82, 2.24) is 20.0 Å². The van der Waals surface area contributed by atoms with Gasteiger partial charge in [0, 0.05) is 18.8 Å². The van der Waals surface area contributed by atoms with Crippen LogP contribution in [0, 0.1) is 0 Å². The number of anilines is 1. The molecule has 0 saturated heterocycles. The van der Waals surface area contributed by atoms with Gasteiger partial charge in [0.15, 0.2) is 4.34 Å². The molecule has 3 aromatic rings. The van der Waals surface area contributed by atoms with Crippen LogP contribution in [0.4, 0.5) is 5.13 Å². The van der Waals surface area contributed by atoms with Gasteiger partial charge in [0.1, 0.15) is 10.6 Å². The molecular weight excluding hydrogens is 366 g/mol. The maximum absolute atomic E-state index is 12.7. The molecule has 0 saturated carbocycles. The highest BCUT2D eigenvalue weighted by Crippen LogP contribution is 2.30. The minimum absolute atomic E-state index is 0.107. The van der Waals surface area contributed by atoms with Gasteiger partial charge in [0.05, 0.1) is 0 Å². The molecule has 1 aromatic carbocycles. The lowest BCUT2D eigenvalue weighted by atomic mass is 10.2. The molecule has 2 aromatic heterocycles. The second-order valence-electron chi connectivity index (χ2n) is 4.79. The van der Waals surface area contributed by atoms with E-state index in [9.17, 15) is 8.42 Å². The summed E-state index contributed by atoms with van der Waals surface area (Å²) >= 11 is 2.73. The summed E-state index contributed by atoms with van der Waals surface area (Å²) in [5.74, 6) is 0.849. The summed E-state index contributed by atoms with van der Waals surface area (Å²) in [6.07, 6.45) is 1.48. The quantitative estimate of drug-likeness (QED) is 0.661. The van der Waals surface area contributed by atoms with Gasteiger partial charge in [-0.05, 0) is 5.75 Å². The second-order valence-corrected chi connectivity index (χ2v) is 8.93. The topological polar surface area (TPSA) is 89.8 Å². The standard InChI is InChI=1S/C14H15N5O2S3/c1-3-22-14-16-15-13(23-14)18-24(20,21)11-9-19(2)17-12(11)10-7-5-4-6-8-10/h4-9H,3H2,1-2H3,(H,15,18). The normalized spacial score (nSPS) is 11.6. The van der Waals surface area contributed by atoms with Crippen LogP contribution in [-0.2, 0) is 17.1 Å². The summed E-state index contributed by atoms with van der Waals surface area (Å²) in [6, 6.07) is 9.19. The van der Waals surface area contributed by atoms with Gasteiger partial charge in [0.25, 0.3) is 10.0 Å². The third-order valence-corrected chi connectivity index (χ3v) is 6.35. The first-order valence-electron chi connectivity index (χ1n) is 7.08. The lowest BCUT2D eigenvalue weighted by Crippen LogP contribution is -2.13. The number of hydrogen-bond donors (Lipinski definition) is 1. The fourth-order valence-corrected chi connectivity index (χ4v) is 5.14. The van der Waals surface area contributed by atoms with Crippen molar-refractivity contribution in [2.75, 3.05) is 10.5 Å². The van der Waals surface area contributed by atoms with Crippen molar-refractivity contribution >= 4 is 38.3 Å². The van der Waals surface area contributed by atoms with Crippen molar-refractivity contribution in [2.45, 2.75) is 16.2 Å². The van der Waals surface area contributed by atoms with Gasteiger partial charge < -0.3 is 0 Å². The molecule has 0 aliphatic heterocycles. The maximum Gasteiger partial charge on any atom is 0.267 e. The number of nitrogens with zero attached hydrogens (tertiary/aromatic N) is 4. The van der Waals surface area contributed by atoms with Gasteiger partial charge in [-0.15, -0.1) is 10.2 Å². The van der Waals surface area contributed by atoms with Gasteiger partial charge in [-0.3, -0.25) is 9.40 Å². The van der Waals surface area contributed by atoms with Gasteiger partial charge in [0.2, 0.25) is 5.13 Å². The van der Waals surface area contributed by atoms with Crippen molar-refractivity contribution in [3.8, 4) is 11.3 Å². The van der Waals surface area contributed by atoms with Crippen molar-refractivity contribution in [3.05, 3.63) is 36.5 Å². The number of sulfonamides is 1. The molecule has 0 bridgehead atoms. The molecule has 2 heterocycles. The highest BCUT2D eigenvalue weighted by Gasteiger charge is 2.24. The summed E-state index contributed by atoms with van der Waals surface area (Å²) in [5.41, 5.74) is 1.14. The zero-order valence-electron chi connectivity index (χ0n) is 13.0. The predicted octanol–water partition coefficient (Wildman–Crippen LogP) is 2.85. The molecule has 1 N–H and O–H groups in total. The predicted molar refractivity (Wildman–Crippen MR) is 95.8 cm³/mol. The van der Waals surface area contributed by atoms with Crippen LogP contribution < -0.4 is 4.72 Å². The Morgan fingerprint density at radius 3 is 2.71 bits per heavy atom. The Labute approximate surface area is 148 Å². The van der Waals surface area contributed by atoms with Gasteiger partial charge in [-0.1, -0.05) is 60.4 Å². The molecule has 0 unspecified atom stereocenters. The van der Waals surface area contributed by atoms with E-state index in [1.807, 2.05) is 37.3 Å². The zero-order chi connectivity index (χ0) is 17.2. The summed E-state index contributed by atoms with van der Waals surface area (Å²) in [5, 5.41) is 12.4. The van der Waals surface area contributed by atoms with Crippen LogP contribution in [0.2, 0.25) is 0 Å². The van der Waals surface area contributed by atoms with Gasteiger partial charge >= 0.3 is 0 Å². The average molecular weight is 382 g/mol. The van der Waals surface area contributed by atoms with Crippen LogP contribution >= 0.6 is 23.1 Å². The number of benzene rings is 1. The fourth-order valence-electron chi connectivity index (χ4n) is 2.06. The van der Waals surface area contributed by atoms with Crippen LogP contribution in [0.5, 0.6) is 0 Å². The van der Waals surface area contributed by atoms with Crippen LogP contribution in [0.1, 0.15) is 6.92 Å². The summed E-state index contributed by atoms with van der Waals surface area (Å²) in [7, 11) is -2.12. The molecular formula is C14H15N5O2S3. The Bertz CT molecular complexity index is 934. The van der Waals surface area contributed by atoms with Crippen molar-refractivity contribution in [1.29, 1.82) is 0 Å². The third-order valence-electron chi connectivity index (χ3n) is 3.03. The molecule has 0 amide bonds. The Morgan fingerprint density at radius 2 is 2.00 bits per heavy atom. The molecule has 10 heteroatoms. The molecule has 0 radical (unpaired) electrons. The van der Waals surface area contributed by atoms with Gasteiger partial charge in [-0.2, -0.15) is 5.10 Å². The monoisotopic (exact) mass is 381 g/mol. The maximum atomic E-state index is 12.7. The van der Waals surface area contributed by atoms with Crippen LogP contribution in [0.25, 0.3) is 11.3 Å². The third kappa shape index (κ3) is 3.60. The first-order valence-corrected chi connectivity index (χ1v) is 10.4. The van der Waals surface area contributed by atoms with E-state index < -0.39 is 10.0 Å². The number of aryl methyl sites for hydroxylation is 1. The summed E-state index contributed by atoms with van der Waals surface area (Å²) < 4.78 is 30.2. The Kier molecular flexibility index (Phi) is 4.88. The molecule has 3 rings (SSSR count). The van der Waals surface area contributed by atoms with Crippen molar-refractivity contribution in [2.24, 2.45) is 7.05 Å². The summed E-state index contributed by atoms with van der Waals surface area (Å²) in [6.45, 7) is 2.00. The molecule has 7 nitrogen and oxygen atoms in total. The number of nitrogens with one attached hydrogen (secondary N) is 1. The molecule has 0 aliphatic rings. The van der Waals surface area contributed by atoms with E-state index in [0.717, 1.165) is 15.7 Å². The minimum Gasteiger partial charge on any atom is -0.274 e. The first kappa shape index (κ1) is 16.9. The number of aromatic nitrogens is 4. The van der Waals surface area contributed by atoms with Crippen LogP contribution in [0.3, 0.4) is 0 Å². The van der Waals surface area contributed by atoms with Crippen LogP contribution in [-0.4, -0.2) is 34.1 Å². The smallest absolute Gasteiger partial charge is 0.267 e. The lowest BCUT2D eigenvalue weighted by molar-refractivity contribution is 0.601. The highest BCUT2D eigenvalue weighted by atomic mass is 32.2. The van der Waals surface area contributed by atoms with E-state index in [1.54, 1.807) is 7.05 Å². The Balaban J connectivity index is 1.95. The average Bonchev–Trinajstić information content (AvgIpc) is 3.15. The molecule has 0 atom stereocenters. The van der Waals surface area contributed by atoms with E-state index >= 15 is 0 Å². The lowest BCUT2D eigenvalue weighted by Gasteiger charge is -2.04. The molecule has 126 valence electrons. The zero-order valence-corrected chi connectivity index (χ0v) is 15.5. The van der Waals surface area contributed by atoms with Crippen molar-refractivity contribution in [3.63, 3.8) is 0 Å². The molecule has 0 fully saturated rings. The van der Waals surface area contributed by atoms with E-state index in [1.165, 1.54) is 34.0 Å². The highest BCUT2D eigenvalue weighted by molar-refractivity contribution is 8.01. The van der Waals surface area contributed by atoms with E-state index in [0.29, 0.717) is 5.69 Å². The van der Waals surface area contributed by atoms with Crippen LogP contribution in [0.15, 0.2) is 45.8 Å². The van der Waals surface area contributed by atoms with E-state index in [4.69, 9.17) is 0 Å². The van der Waals surface area contributed by atoms with E-state index in [-0.39, 0.29) is 10.0 Å². The Hall–Kier alpha value is -1.91. The SMILES string of the molecule is CCSc1nnc(NS(=O)(=O)c2cn(C)nc2-c2ccccc2)s1. The number of rotatable bonds is 6. The summed E-state index contributed by atoms with van der Waals surface area (Å²) in [4.78, 5) is 0.107. The number of thioether (sulfide) groups is 1. The molecule has 0 spiro atoms. The van der Waals surface area contributed by atoms with Crippen molar-refractivity contribution < 1.29 is 8.42 Å². The molecule has 0 aliphatic carbocycles. The minimum atomic E-state index is -3.81. The first-order chi connectivity index (χ1) is 11.5. The fraction of sp³-hybridized carbons (Fsp3) is 0.214. The Morgan fingerprint density at radius 1 is 1.25 bits per heavy atom. The van der Waals surface area contributed by atoms with E-state index in [2.05, 4.69) is 20.0 Å². The second kappa shape index (κ2) is 6.91. The van der Waals surface area contributed by atoms with Gasteiger partial charge in [-0.25, -0.2) is 8.42 Å². The largest absolute Gasteiger partial charge is 0.274 e.